The van der Waals surface area contributed by atoms with Crippen molar-refractivity contribution in [3.8, 4) is 22.8 Å². The second-order valence-corrected chi connectivity index (χ2v) is 7.33. The molecule has 144 valence electrons. The molecule has 0 bridgehead atoms. The van der Waals surface area contributed by atoms with Crippen LogP contribution in [0.4, 0.5) is 0 Å². The molecular formula is C21H23N5O2. The highest BCUT2D eigenvalue weighted by Crippen LogP contribution is 2.34. The number of pyridine rings is 1. The summed E-state index contributed by atoms with van der Waals surface area (Å²) in [5, 5.41) is 8.83. The summed E-state index contributed by atoms with van der Waals surface area (Å²) < 4.78 is 13.3. The summed E-state index contributed by atoms with van der Waals surface area (Å²) in [5.41, 5.74) is 3.11. The van der Waals surface area contributed by atoms with Gasteiger partial charge in [-0.3, -0.25) is 9.88 Å². The molecule has 1 fully saturated rings. The second kappa shape index (κ2) is 7.59. The number of aromatic nitrogens is 4. The zero-order valence-corrected chi connectivity index (χ0v) is 15.7. The molecule has 1 atom stereocenters. The first-order chi connectivity index (χ1) is 13.8. The van der Waals surface area contributed by atoms with E-state index in [1.807, 2.05) is 47.5 Å². The zero-order chi connectivity index (χ0) is 18.8. The van der Waals surface area contributed by atoms with Crippen molar-refractivity contribution in [1.29, 1.82) is 0 Å². The fourth-order valence-electron chi connectivity index (χ4n) is 3.93. The highest BCUT2D eigenvalue weighted by molar-refractivity contribution is 5.63. The predicted octanol–water partition coefficient (Wildman–Crippen LogP) is 2.95. The number of hydrogen-bond donors (Lipinski definition) is 0. The minimum atomic E-state index is 0.337. The molecule has 0 amide bonds. The summed E-state index contributed by atoms with van der Waals surface area (Å²) in [7, 11) is 0. The smallest absolute Gasteiger partial charge is 0.162 e. The molecule has 1 saturated heterocycles. The van der Waals surface area contributed by atoms with Crippen molar-refractivity contribution < 1.29 is 9.47 Å². The fraction of sp³-hybridized carbons (Fsp3) is 0.381. The van der Waals surface area contributed by atoms with Crippen molar-refractivity contribution >= 4 is 0 Å². The average Bonchev–Trinajstić information content (AvgIpc) is 3.25. The SMILES string of the molecule is c1cncc(CN2CCC[C@@H](n3cc(-c4ccc5c(c4)OCCO5)nn3)C2)c1. The van der Waals surface area contributed by atoms with Crippen molar-refractivity contribution in [2.75, 3.05) is 26.3 Å². The molecule has 4 heterocycles. The summed E-state index contributed by atoms with van der Waals surface area (Å²) >= 11 is 0. The highest BCUT2D eigenvalue weighted by atomic mass is 16.6. The molecule has 28 heavy (non-hydrogen) atoms. The van der Waals surface area contributed by atoms with Gasteiger partial charge in [-0.2, -0.15) is 0 Å². The van der Waals surface area contributed by atoms with E-state index in [4.69, 9.17) is 9.47 Å². The lowest BCUT2D eigenvalue weighted by Gasteiger charge is -2.32. The van der Waals surface area contributed by atoms with Gasteiger partial charge in [-0.15, -0.1) is 5.10 Å². The molecule has 7 nitrogen and oxygen atoms in total. The Labute approximate surface area is 163 Å². The number of hydrogen-bond acceptors (Lipinski definition) is 6. The Kier molecular flexibility index (Phi) is 4.66. The fourth-order valence-corrected chi connectivity index (χ4v) is 3.93. The van der Waals surface area contributed by atoms with E-state index in [0.717, 1.165) is 55.2 Å². The molecular weight excluding hydrogens is 354 g/mol. The van der Waals surface area contributed by atoms with Gasteiger partial charge in [0.1, 0.15) is 18.9 Å². The number of rotatable bonds is 4. The lowest BCUT2D eigenvalue weighted by Crippen LogP contribution is -2.36. The Morgan fingerprint density at radius 3 is 2.93 bits per heavy atom. The van der Waals surface area contributed by atoms with E-state index in [0.29, 0.717) is 19.3 Å². The molecule has 0 aliphatic carbocycles. The van der Waals surface area contributed by atoms with Gasteiger partial charge in [-0.25, -0.2) is 4.68 Å². The van der Waals surface area contributed by atoms with Crippen LogP contribution in [0.15, 0.2) is 48.9 Å². The number of likely N-dealkylation sites (tertiary alicyclic amines) is 1. The number of fused-ring (bicyclic) bond motifs is 1. The van der Waals surface area contributed by atoms with Crippen LogP contribution in [0.25, 0.3) is 11.3 Å². The van der Waals surface area contributed by atoms with Crippen molar-refractivity contribution in [1.82, 2.24) is 24.9 Å². The maximum Gasteiger partial charge on any atom is 0.162 e. The van der Waals surface area contributed by atoms with Crippen LogP contribution in [0.3, 0.4) is 0 Å². The van der Waals surface area contributed by atoms with Crippen LogP contribution >= 0.6 is 0 Å². The molecule has 2 aliphatic heterocycles. The minimum Gasteiger partial charge on any atom is -0.486 e. The third kappa shape index (κ3) is 3.57. The number of benzene rings is 1. The first-order valence-corrected chi connectivity index (χ1v) is 9.78. The van der Waals surface area contributed by atoms with E-state index >= 15 is 0 Å². The molecule has 0 radical (unpaired) electrons. The lowest BCUT2D eigenvalue weighted by molar-refractivity contribution is 0.161. The molecule has 0 N–H and O–H groups in total. The van der Waals surface area contributed by atoms with Crippen LogP contribution in [0.2, 0.25) is 0 Å². The Bertz CT molecular complexity index is 943. The standard InChI is InChI=1S/C21H23N5O2/c1-3-16(12-22-7-1)13-25-8-2-4-18(14-25)26-15-19(23-24-26)17-5-6-20-21(11-17)28-10-9-27-20/h1,3,5-7,11-12,15,18H,2,4,8-10,13-14H2/t18-/m1/s1. The molecule has 5 rings (SSSR count). The van der Waals surface area contributed by atoms with Gasteiger partial charge in [0.25, 0.3) is 0 Å². The predicted molar refractivity (Wildman–Crippen MR) is 104 cm³/mol. The summed E-state index contributed by atoms with van der Waals surface area (Å²) in [6, 6.07) is 10.4. The Balaban J connectivity index is 1.30. The van der Waals surface area contributed by atoms with E-state index in [-0.39, 0.29) is 0 Å². The quantitative estimate of drug-likeness (QED) is 0.697. The van der Waals surface area contributed by atoms with Crippen molar-refractivity contribution in [3.05, 3.63) is 54.5 Å². The van der Waals surface area contributed by atoms with Gasteiger partial charge in [0.15, 0.2) is 11.5 Å². The van der Waals surface area contributed by atoms with E-state index in [1.165, 1.54) is 5.56 Å². The summed E-state index contributed by atoms with van der Waals surface area (Å²) in [4.78, 5) is 6.69. The first-order valence-electron chi connectivity index (χ1n) is 9.78. The number of piperidine rings is 1. The van der Waals surface area contributed by atoms with Gasteiger partial charge in [-0.1, -0.05) is 11.3 Å². The normalized spacial score (nSPS) is 19.5. The number of ether oxygens (including phenoxy) is 2. The molecule has 0 saturated carbocycles. The first kappa shape index (κ1) is 17.2. The van der Waals surface area contributed by atoms with E-state index < -0.39 is 0 Å². The Morgan fingerprint density at radius 2 is 2.04 bits per heavy atom. The molecule has 7 heteroatoms. The molecule has 0 unspecified atom stereocenters. The zero-order valence-electron chi connectivity index (χ0n) is 15.7. The summed E-state index contributed by atoms with van der Waals surface area (Å²) in [6.07, 6.45) is 8.08. The molecule has 2 aromatic heterocycles. The lowest BCUT2D eigenvalue weighted by atomic mass is 10.1. The summed E-state index contributed by atoms with van der Waals surface area (Å²) in [5.74, 6) is 1.57. The van der Waals surface area contributed by atoms with Crippen molar-refractivity contribution in [3.63, 3.8) is 0 Å². The van der Waals surface area contributed by atoms with Gasteiger partial charge in [0, 0.05) is 31.0 Å². The maximum atomic E-state index is 5.69. The molecule has 0 spiro atoms. The van der Waals surface area contributed by atoms with Gasteiger partial charge >= 0.3 is 0 Å². The van der Waals surface area contributed by atoms with Crippen LogP contribution in [-0.4, -0.2) is 51.2 Å². The Morgan fingerprint density at radius 1 is 1.11 bits per heavy atom. The van der Waals surface area contributed by atoms with E-state index in [1.54, 1.807) is 0 Å². The van der Waals surface area contributed by atoms with Crippen LogP contribution in [0, 0.1) is 0 Å². The van der Waals surface area contributed by atoms with Crippen molar-refractivity contribution in [2.24, 2.45) is 0 Å². The number of nitrogens with zero attached hydrogens (tertiary/aromatic N) is 5. The molecule has 2 aliphatic rings. The van der Waals surface area contributed by atoms with Gasteiger partial charge < -0.3 is 9.47 Å². The van der Waals surface area contributed by atoms with E-state index in [2.05, 4.69) is 26.3 Å². The third-order valence-corrected chi connectivity index (χ3v) is 5.33. The van der Waals surface area contributed by atoms with Crippen LogP contribution < -0.4 is 9.47 Å². The summed E-state index contributed by atoms with van der Waals surface area (Å²) in [6.45, 7) is 4.18. The van der Waals surface area contributed by atoms with Crippen LogP contribution in [0.5, 0.6) is 11.5 Å². The third-order valence-electron chi connectivity index (χ3n) is 5.33. The van der Waals surface area contributed by atoms with Gasteiger partial charge in [-0.05, 0) is 49.2 Å². The maximum absolute atomic E-state index is 5.69. The highest BCUT2D eigenvalue weighted by Gasteiger charge is 2.23. The molecule has 1 aromatic carbocycles. The van der Waals surface area contributed by atoms with Gasteiger partial charge in [0.05, 0.1) is 12.2 Å². The monoisotopic (exact) mass is 377 g/mol. The van der Waals surface area contributed by atoms with Gasteiger partial charge in [0.2, 0.25) is 0 Å². The second-order valence-electron chi connectivity index (χ2n) is 7.33. The van der Waals surface area contributed by atoms with Crippen LogP contribution in [-0.2, 0) is 6.54 Å². The largest absolute Gasteiger partial charge is 0.486 e. The average molecular weight is 377 g/mol. The molecule has 3 aromatic rings. The van der Waals surface area contributed by atoms with E-state index in [9.17, 15) is 0 Å². The van der Waals surface area contributed by atoms with Crippen molar-refractivity contribution in [2.45, 2.75) is 25.4 Å². The Hall–Kier alpha value is -2.93. The van der Waals surface area contributed by atoms with Crippen LogP contribution in [0.1, 0.15) is 24.4 Å². The minimum absolute atomic E-state index is 0.337. The topological polar surface area (TPSA) is 65.3 Å².